The molecule has 2 heterocycles. The summed E-state index contributed by atoms with van der Waals surface area (Å²) in [6.45, 7) is 1.94. The average Bonchev–Trinajstić information content (AvgIpc) is 3.23. The zero-order valence-electron chi connectivity index (χ0n) is 18.8. The van der Waals surface area contributed by atoms with Crippen LogP contribution in [0.1, 0.15) is 52.7 Å². The minimum atomic E-state index is -0.859. The lowest BCUT2D eigenvalue weighted by Crippen LogP contribution is -2.33. The highest BCUT2D eigenvalue weighted by atomic mass is 19.1. The van der Waals surface area contributed by atoms with Gasteiger partial charge in [-0.1, -0.05) is 23.8 Å². The standard InChI is InChI=1S/C24H23F2N5O4/c1-24(23(34)35)8-6-15(7-9-24)12-28-22(33)19-10-18(30-20-17(26)13-29-31(19)20)21(32)27-11-14-2-4-16(25)5-3-14/h2-6,10,13H,7-9,11-12H2,1H3,(H,27,32)(H,28,33)(H,34,35). The molecule has 182 valence electrons. The highest BCUT2D eigenvalue weighted by molar-refractivity contribution is 5.98. The van der Waals surface area contributed by atoms with Crippen LogP contribution in [0.15, 0.2) is 48.2 Å². The van der Waals surface area contributed by atoms with Gasteiger partial charge in [0.15, 0.2) is 11.5 Å². The molecule has 3 aromatic rings. The smallest absolute Gasteiger partial charge is 0.309 e. The second-order valence-corrected chi connectivity index (χ2v) is 8.68. The van der Waals surface area contributed by atoms with Crippen molar-refractivity contribution in [1.29, 1.82) is 0 Å². The Balaban J connectivity index is 1.49. The lowest BCUT2D eigenvalue weighted by Gasteiger charge is -2.28. The van der Waals surface area contributed by atoms with E-state index in [9.17, 15) is 28.3 Å². The lowest BCUT2D eigenvalue weighted by atomic mass is 9.76. The number of nitrogens with one attached hydrogen (secondary N) is 2. The van der Waals surface area contributed by atoms with Crippen molar-refractivity contribution >= 4 is 23.4 Å². The Hall–Kier alpha value is -4.15. The molecule has 11 heteroatoms. The third-order valence-corrected chi connectivity index (χ3v) is 6.09. The molecule has 9 nitrogen and oxygen atoms in total. The van der Waals surface area contributed by atoms with E-state index in [0.717, 1.165) is 16.3 Å². The van der Waals surface area contributed by atoms with Gasteiger partial charge in [-0.25, -0.2) is 18.3 Å². The maximum absolute atomic E-state index is 14.2. The van der Waals surface area contributed by atoms with E-state index < -0.39 is 34.8 Å². The number of rotatable bonds is 7. The Morgan fingerprint density at radius 1 is 1.11 bits per heavy atom. The average molecular weight is 483 g/mol. The largest absolute Gasteiger partial charge is 0.481 e. The quantitative estimate of drug-likeness (QED) is 0.444. The number of halogens is 2. The number of allylic oxidation sites excluding steroid dienone is 1. The summed E-state index contributed by atoms with van der Waals surface area (Å²) in [4.78, 5) is 41.0. The Bertz CT molecular complexity index is 1340. The van der Waals surface area contributed by atoms with Crippen LogP contribution in [0.3, 0.4) is 0 Å². The number of aliphatic carboxylic acids is 1. The normalized spacial score (nSPS) is 17.6. The first kappa shape index (κ1) is 24.0. The second kappa shape index (κ2) is 9.61. The van der Waals surface area contributed by atoms with Crippen LogP contribution in [0.4, 0.5) is 8.78 Å². The molecule has 1 aliphatic carbocycles. The summed E-state index contributed by atoms with van der Waals surface area (Å²) in [6.07, 6.45) is 4.03. The fourth-order valence-electron chi connectivity index (χ4n) is 3.74. The van der Waals surface area contributed by atoms with E-state index in [-0.39, 0.29) is 30.1 Å². The van der Waals surface area contributed by atoms with Crippen LogP contribution in [0, 0.1) is 17.0 Å². The first-order chi connectivity index (χ1) is 16.7. The maximum atomic E-state index is 14.2. The number of hydrogen-bond donors (Lipinski definition) is 3. The molecule has 0 saturated carbocycles. The van der Waals surface area contributed by atoms with Crippen molar-refractivity contribution in [2.24, 2.45) is 5.41 Å². The van der Waals surface area contributed by atoms with Gasteiger partial charge >= 0.3 is 5.97 Å². The Labute approximate surface area is 198 Å². The van der Waals surface area contributed by atoms with Gasteiger partial charge in [0.1, 0.15) is 17.2 Å². The predicted molar refractivity (Wildman–Crippen MR) is 121 cm³/mol. The molecular weight excluding hydrogens is 460 g/mol. The van der Waals surface area contributed by atoms with E-state index in [2.05, 4.69) is 20.7 Å². The number of nitrogens with zero attached hydrogens (tertiary/aromatic N) is 3. The molecule has 4 rings (SSSR count). The molecule has 1 atom stereocenters. The molecule has 1 unspecified atom stereocenters. The van der Waals surface area contributed by atoms with Crippen molar-refractivity contribution < 1.29 is 28.3 Å². The Morgan fingerprint density at radius 2 is 1.83 bits per heavy atom. The summed E-state index contributed by atoms with van der Waals surface area (Å²) < 4.78 is 28.3. The fraction of sp³-hybridized carbons (Fsp3) is 0.292. The number of carbonyl (C=O) groups excluding carboxylic acids is 2. The van der Waals surface area contributed by atoms with Crippen molar-refractivity contribution in [3.05, 3.63) is 76.8 Å². The molecule has 1 aromatic carbocycles. The van der Waals surface area contributed by atoms with Crippen LogP contribution in [-0.4, -0.2) is 44.0 Å². The first-order valence-corrected chi connectivity index (χ1v) is 10.9. The number of benzene rings is 1. The molecule has 1 aliphatic rings. The van der Waals surface area contributed by atoms with Crippen molar-refractivity contribution in [3.63, 3.8) is 0 Å². The molecule has 2 amide bonds. The fourth-order valence-corrected chi connectivity index (χ4v) is 3.74. The van der Waals surface area contributed by atoms with Crippen LogP contribution in [0.25, 0.3) is 5.65 Å². The molecule has 0 bridgehead atoms. The summed E-state index contributed by atoms with van der Waals surface area (Å²) in [7, 11) is 0. The van der Waals surface area contributed by atoms with Crippen LogP contribution in [0.2, 0.25) is 0 Å². The highest BCUT2D eigenvalue weighted by Crippen LogP contribution is 2.35. The summed E-state index contributed by atoms with van der Waals surface area (Å²) in [5.74, 6) is -3.30. The molecule has 35 heavy (non-hydrogen) atoms. The van der Waals surface area contributed by atoms with E-state index >= 15 is 0 Å². The van der Waals surface area contributed by atoms with Crippen molar-refractivity contribution in [2.45, 2.75) is 32.7 Å². The SMILES string of the molecule is CC1(C(=O)O)CC=C(CNC(=O)c2cc(C(=O)NCc3ccc(F)cc3)nc3c(F)cnn23)CC1. The third-order valence-electron chi connectivity index (χ3n) is 6.09. The predicted octanol–water partition coefficient (Wildman–Crippen LogP) is 2.87. The zero-order chi connectivity index (χ0) is 25.2. The number of carbonyl (C=O) groups is 3. The molecular formula is C24H23F2N5O4. The van der Waals surface area contributed by atoms with Crippen molar-refractivity contribution in [1.82, 2.24) is 25.2 Å². The van der Waals surface area contributed by atoms with Gasteiger partial charge in [-0.05, 0) is 43.9 Å². The second-order valence-electron chi connectivity index (χ2n) is 8.68. The van der Waals surface area contributed by atoms with Gasteiger partial charge in [0.2, 0.25) is 0 Å². The minimum Gasteiger partial charge on any atom is -0.481 e. The van der Waals surface area contributed by atoms with Crippen molar-refractivity contribution in [2.75, 3.05) is 6.54 Å². The Kier molecular flexibility index (Phi) is 6.59. The molecule has 3 N–H and O–H groups in total. The van der Waals surface area contributed by atoms with Gasteiger partial charge in [0, 0.05) is 19.2 Å². The van der Waals surface area contributed by atoms with Gasteiger partial charge in [0.25, 0.3) is 11.8 Å². The summed E-state index contributed by atoms with van der Waals surface area (Å²) in [5, 5.41) is 18.5. The lowest BCUT2D eigenvalue weighted by molar-refractivity contribution is -0.148. The molecule has 0 fully saturated rings. The summed E-state index contributed by atoms with van der Waals surface area (Å²) >= 11 is 0. The van der Waals surface area contributed by atoms with E-state index in [1.54, 1.807) is 6.92 Å². The molecule has 0 radical (unpaired) electrons. The maximum Gasteiger partial charge on any atom is 0.309 e. The summed E-state index contributed by atoms with van der Waals surface area (Å²) in [5.41, 5.74) is 0.156. The third kappa shape index (κ3) is 5.18. The zero-order valence-corrected chi connectivity index (χ0v) is 18.8. The van der Waals surface area contributed by atoms with Crippen LogP contribution < -0.4 is 10.6 Å². The molecule has 2 aromatic heterocycles. The van der Waals surface area contributed by atoms with Gasteiger partial charge in [-0.15, -0.1) is 0 Å². The number of hydrogen-bond acceptors (Lipinski definition) is 5. The van der Waals surface area contributed by atoms with E-state index in [4.69, 9.17) is 0 Å². The molecule has 0 aliphatic heterocycles. The minimum absolute atomic E-state index is 0.0820. The van der Waals surface area contributed by atoms with Gasteiger partial charge < -0.3 is 15.7 Å². The number of carboxylic acids is 1. The molecule has 0 saturated heterocycles. The van der Waals surface area contributed by atoms with E-state index in [1.165, 1.54) is 30.3 Å². The highest BCUT2D eigenvalue weighted by Gasteiger charge is 2.34. The summed E-state index contributed by atoms with van der Waals surface area (Å²) in [6, 6.07) is 6.77. The number of fused-ring (bicyclic) bond motifs is 1. The first-order valence-electron chi connectivity index (χ1n) is 10.9. The topological polar surface area (TPSA) is 126 Å². The van der Waals surface area contributed by atoms with Gasteiger partial charge in [-0.2, -0.15) is 5.10 Å². The van der Waals surface area contributed by atoms with E-state index in [0.29, 0.717) is 24.8 Å². The number of amides is 2. The van der Waals surface area contributed by atoms with Crippen molar-refractivity contribution in [3.8, 4) is 0 Å². The van der Waals surface area contributed by atoms with E-state index in [1.807, 2.05) is 6.08 Å². The Morgan fingerprint density at radius 3 is 2.49 bits per heavy atom. The van der Waals surface area contributed by atoms with Crippen LogP contribution in [-0.2, 0) is 11.3 Å². The van der Waals surface area contributed by atoms with Gasteiger partial charge in [0.05, 0.1) is 11.6 Å². The monoisotopic (exact) mass is 483 g/mol. The number of carboxylic acid groups (broad SMARTS) is 1. The van der Waals surface area contributed by atoms with Crippen LogP contribution in [0.5, 0.6) is 0 Å². The van der Waals surface area contributed by atoms with Crippen LogP contribution >= 0.6 is 0 Å². The van der Waals surface area contributed by atoms with Gasteiger partial charge in [-0.3, -0.25) is 14.4 Å². The number of aromatic nitrogens is 3. The molecule has 0 spiro atoms.